The van der Waals surface area contributed by atoms with E-state index in [1.54, 1.807) is 23.1 Å². The molecule has 1 aromatic rings. The van der Waals surface area contributed by atoms with Crippen LogP contribution < -0.4 is 11.1 Å². The average Bonchev–Trinajstić information content (AvgIpc) is 2.99. The van der Waals surface area contributed by atoms with E-state index in [0.29, 0.717) is 41.7 Å². The van der Waals surface area contributed by atoms with Gasteiger partial charge in [0.2, 0.25) is 5.91 Å². The summed E-state index contributed by atoms with van der Waals surface area (Å²) in [5.74, 6) is -0.324. The zero-order valence-corrected chi connectivity index (χ0v) is 14.4. The molecule has 1 aromatic carbocycles. The first-order valence-corrected chi connectivity index (χ1v) is 8.53. The Hall–Kier alpha value is -1.30. The molecule has 0 aromatic heterocycles. The van der Waals surface area contributed by atoms with Crippen LogP contribution in [0.2, 0.25) is 10.0 Å². The zero-order chi connectivity index (χ0) is 16.8. The van der Waals surface area contributed by atoms with Crippen molar-refractivity contribution in [1.82, 2.24) is 10.2 Å². The third-order valence-corrected chi connectivity index (χ3v) is 4.29. The predicted molar refractivity (Wildman–Crippen MR) is 91.8 cm³/mol. The number of hydrogen-bond acceptors (Lipinski definition) is 3. The molecule has 1 unspecified atom stereocenters. The van der Waals surface area contributed by atoms with Gasteiger partial charge in [-0.3, -0.25) is 9.59 Å². The summed E-state index contributed by atoms with van der Waals surface area (Å²) < 4.78 is 0. The SMILES string of the molecule is NCCCCNC(=O)C1CCCN1C(=O)c1cc(Cl)cc(Cl)c1. The summed E-state index contributed by atoms with van der Waals surface area (Å²) >= 11 is 11.9. The van der Waals surface area contributed by atoms with Gasteiger partial charge < -0.3 is 16.0 Å². The second kappa shape index (κ2) is 8.52. The van der Waals surface area contributed by atoms with Crippen LogP contribution in [-0.2, 0) is 4.79 Å². The maximum Gasteiger partial charge on any atom is 0.254 e. The van der Waals surface area contributed by atoms with E-state index in [4.69, 9.17) is 28.9 Å². The van der Waals surface area contributed by atoms with Gasteiger partial charge in [0.25, 0.3) is 5.91 Å². The summed E-state index contributed by atoms with van der Waals surface area (Å²) in [6.45, 7) is 1.75. The first kappa shape index (κ1) is 18.0. The van der Waals surface area contributed by atoms with Crippen molar-refractivity contribution in [3.8, 4) is 0 Å². The molecule has 0 aliphatic carbocycles. The number of carbonyl (C=O) groups is 2. The second-order valence-electron chi connectivity index (χ2n) is 5.60. The maximum absolute atomic E-state index is 12.7. The normalized spacial score (nSPS) is 17.3. The lowest BCUT2D eigenvalue weighted by molar-refractivity contribution is -0.124. The molecule has 0 saturated carbocycles. The molecule has 3 N–H and O–H groups in total. The maximum atomic E-state index is 12.7. The van der Waals surface area contributed by atoms with Crippen LogP contribution in [0, 0.1) is 0 Å². The standard InChI is InChI=1S/C16H21Cl2N3O2/c17-12-8-11(9-13(18)10-12)16(23)21-7-3-4-14(21)15(22)20-6-2-1-5-19/h8-10,14H,1-7,19H2,(H,20,22). The fourth-order valence-corrected chi connectivity index (χ4v) is 3.25. The summed E-state index contributed by atoms with van der Waals surface area (Å²) in [4.78, 5) is 26.6. The average molecular weight is 358 g/mol. The number of nitrogens with one attached hydrogen (secondary N) is 1. The third kappa shape index (κ3) is 4.83. The minimum atomic E-state index is -0.432. The third-order valence-electron chi connectivity index (χ3n) is 3.86. The van der Waals surface area contributed by atoms with Crippen molar-refractivity contribution >= 4 is 35.0 Å². The Kier molecular flexibility index (Phi) is 6.69. The van der Waals surface area contributed by atoms with Crippen LogP contribution in [0.25, 0.3) is 0 Å². The van der Waals surface area contributed by atoms with Gasteiger partial charge in [0.15, 0.2) is 0 Å². The van der Waals surface area contributed by atoms with Crippen molar-refractivity contribution < 1.29 is 9.59 Å². The molecule has 1 heterocycles. The summed E-state index contributed by atoms with van der Waals surface area (Å²) in [6, 6.07) is 4.29. The number of unbranched alkanes of at least 4 members (excludes halogenated alkanes) is 1. The number of nitrogens with zero attached hydrogens (tertiary/aromatic N) is 1. The van der Waals surface area contributed by atoms with Crippen molar-refractivity contribution in [1.29, 1.82) is 0 Å². The smallest absolute Gasteiger partial charge is 0.254 e. The minimum Gasteiger partial charge on any atom is -0.354 e. The van der Waals surface area contributed by atoms with Crippen LogP contribution in [0.3, 0.4) is 0 Å². The molecule has 5 nitrogen and oxygen atoms in total. The molecule has 0 radical (unpaired) electrons. The first-order chi connectivity index (χ1) is 11.0. The van der Waals surface area contributed by atoms with Gasteiger partial charge in [-0.15, -0.1) is 0 Å². The van der Waals surface area contributed by atoms with Crippen LogP contribution in [0.15, 0.2) is 18.2 Å². The predicted octanol–water partition coefficient (Wildman–Crippen LogP) is 2.45. The Morgan fingerprint density at radius 2 is 1.91 bits per heavy atom. The number of likely N-dealkylation sites (tertiary alicyclic amines) is 1. The van der Waals surface area contributed by atoms with Gasteiger partial charge >= 0.3 is 0 Å². The van der Waals surface area contributed by atoms with E-state index in [2.05, 4.69) is 5.32 Å². The van der Waals surface area contributed by atoms with Crippen molar-refractivity contribution in [3.63, 3.8) is 0 Å². The van der Waals surface area contributed by atoms with Crippen molar-refractivity contribution in [3.05, 3.63) is 33.8 Å². The number of rotatable bonds is 6. The van der Waals surface area contributed by atoms with Gasteiger partial charge in [-0.05, 0) is 50.4 Å². The monoisotopic (exact) mass is 357 g/mol. The molecular weight excluding hydrogens is 337 g/mol. The number of halogens is 2. The molecule has 2 amide bonds. The van der Waals surface area contributed by atoms with E-state index in [0.717, 1.165) is 19.3 Å². The van der Waals surface area contributed by atoms with E-state index in [-0.39, 0.29) is 11.8 Å². The van der Waals surface area contributed by atoms with E-state index < -0.39 is 6.04 Å². The Bertz CT molecular complexity index is 560. The van der Waals surface area contributed by atoms with Crippen LogP contribution in [-0.4, -0.2) is 42.4 Å². The fourth-order valence-electron chi connectivity index (χ4n) is 2.72. The first-order valence-electron chi connectivity index (χ1n) is 7.78. The number of amides is 2. The molecular formula is C16H21Cl2N3O2. The van der Waals surface area contributed by atoms with Crippen molar-refractivity contribution in [2.75, 3.05) is 19.6 Å². The van der Waals surface area contributed by atoms with Gasteiger partial charge in [-0.2, -0.15) is 0 Å². The molecule has 7 heteroatoms. The fraction of sp³-hybridized carbons (Fsp3) is 0.500. The highest BCUT2D eigenvalue weighted by atomic mass is 35.5. The molecule has 23 heavy (non-hydrogen) atoms. The summed E-state index contributed by atoms with van der Waals surface area (Å²) in [7, 11) is 0. The van der Waals surface area contributed by atoms with Crippen LogP contribution in [0.5, 0.6) is 0 Å². The molecule has 0 bridgehead atoms. The van der Waals surface area contributed by atoms with Crippen molar-refractivity contribution in [2.45, 2.75) is 31.7 Å². The Morgan fingerprint density at radius 3 is 2.57 bits per heavy atom. The van der Waals surface area contributed by atoms with Gasteiger partial charge in [-0.1, -0.05) is 23.2 Å². The quantitative estimate of drug-likeness (QED) is 0.767. The highest BCUT2D eigenvalue weighted by Gasteiger charge is 2.34. The zero-order valence-electron chi connectivity index (χ0n) is 12.9. The topological polar surface area (TPSA) is 75.4 Å². The molecule has 1 atom stereocenters. The molecule has 1 fully saturated rings. The molecule has 126 valence electrons. The van der Waals surface area contributed by atoms with Gasteiger partial charge in [0.05, 0.1) is 0 Å². The summed E-state index contributed by atoms with van der Waals surface area (Å²) in [5, 5.41) is 3.69. The minimum absolute atomic E-state index is 0.110. The Labute approximate surface area is 146 Å². The number of hydrogen-bond donors (Lipinski definition) is 2. The van der Waals surface area contributed by atoms with E-state index >= 15 is 0 Å². The lowest BCUT2D eigenvalue weighted by Gasteiger charge is -2.24. The molecule has 2 rings (SSSR count). The molecule has 1 aliphatic heterocycles. The second-order valence-corrected chi connectivity index (χ2v) is 6.47. The number of nitrogens with two attached hydrogens (primary N) is 1. The van der Waals surface area contributed by atoms with Crippen LogP contribution >= 0.6 is 23.2 Å². The van der Waals surface area contributed by atoms with Gasteiger partial charge in [-0.25, -0.2) is 0 Å². The summed E-state index contributed by atoms with van der Waals surface area (Å²) in [6.07, 6.45) is 3.19. The summed E-state index contributed by atoms with van der Waals surface area (Å²) in [5.41, 5.74) is 5.84. The van der Waals surface area contributed by atoms with Crippen LogP contribution in [0.1, 0.15) is 36.0 Å². The van der Waals surface area contributed by atoms with E-state index in [1.807, 2.05) is 0 Å². The lowest BCUT2D eigenvalue weighted by Crippen LogP contribution is -2.46. The molecule has 0 spiro atoms. The molecule has 1 aliphatic rings. The highest BCUT2D eigenvalue weighted by molar-refractivity contribution is 6.35. The Morgan fingerprint density at radius 1 is 1.22 bits per heavy atom. The molecule has 1 saturated heterocycles. The van der Waals surface area contributed by atoms with E-state index in [1.165, 1.54) is 0 Å². The van der Waals surface area contributed by atoms with Gasteiger partial charge in [0, 0.05) is 28.7 Å². The van der Waals surface area contributed by atoms with E-state index in [9.17, 15) is 9.59 Å². The van der Waals surface area contributed by atoms with Gasteiger partial charge in [0.1, 0.15) is 6.04 Å². The largest absolute Gasteiger partial charge is 0.354 e. The number of carbonyl (C=O) groups excluding carboxylic acids is 2. The Balaban J connectivity index is 2.02. The number of benzene rings is 1. The van der Waals surface area contributed by atoms with Crippen molar-refractivity contribution in [2.24, 2.45) is 5.73 Å². The van der Waals surface area contributed by atoms with Crippen LogP contribution in [0.4, 0.5) is 0 Å². The highest BCUT2D eigenvalue weighted by Crippen LogP contribution is 2.24. The lowest BCUT2D eigenvalue weighted by atomic mass is 10.1.